The lowest BCUT2D eigenvalue weighted by molar-refractivity contribution is -0.147. The number of rotatable bonds is 5. The number of methoxy groups -OCH3 is 1. The number of amides is 1. The zero-order chi connectivity index (χ0) is 13.7. The molecule has 1 aliphatic rings. The van der Waals surface area contributed by atoms with E-state index in [1.165, 1.54) is 7.11 Å². The molecule has 0 aromatic heterocycles. The van der Waals surface area contributed by atoms with Gasteiger partial charge in [-0.05, 0) is 13.3 Å². The fourth-order valence-corrected chi connectivity index (χ4v) is 2.18. The minimum atomic E-state index is -0.587. The molecular weight excluding hydrogens is 236 g/mol. The molecule has 1 aliphatic heterocycles. The third-order valence-electron chi connectivity index (χ3n) is 3.22. The Bertz CT molecular complexity index is 308. The van der Waals surface area contributed by atoms with Crippen LogP contribution in [-0.2, 0) is 14.3 Å². The molecule has 6 nitrogen and oxygen atoms in total. The number of aliphatic hydroxyl groups excluding tert-OH is 1. The van der Waals surface area contributed by atoms with Gasteiger partial charge in [-0.3, -0.25) is 14.5 Å². The van der Waals surface area contributed by atoms with E-state index in [9.17, 15) is 14.7 Å². The molecular formula is C12H22N2O4. The maximum atomic E-state index is 11.9. The number of nitrogens with one attached hydrogen (secondary N) is 1. The van der Waals surface area contributed by atoms with Crippen LogP contribution < -0.4 is 5.32 Å². The number of carbonyl (C=O) groups is 2. The average Bonchev–Trinajstić information content (AvgIpc) is 2.76. The maximum Gasteiger partial charge on any atom is 0.323 e. The first-order chi connectivity index (χ1) is 8.51. The van der Waals surface area contributed by atoms with E-state index in [2.05, 4.69) is 5.32 Å². The monoisotopic (exact) mass is 258 g/mol. The molecule has 1 heterocycles. The van der Waals surface area contributed by atoms with Crippen LogP contribution in [0.4, 0.5) is 0 Å². The molecule has 1 rings (SSSR count). The number of carbonyl (C=O) groups excluding carboxylic acids is 2. The van der Waals surface area contributed by atoms with E-state index in [1.807, 2.05) is 6.92 Å². The molecule has 1 fully saturated rings. The summed E-state index contributed by atoms with van der Waals surface area (Å²) < 4.78 is 4.70. The zero-order valence-corrected chi connectivity index (χ0v) is 11.2. The second-order valence-electron chi connectivity index (χ2n) is 4.59. The van der Waals surface area contributed by atoms with Crippen LogP contribution in [0.25, 0.3) is 0 Å². The van der Waals surface area contributed by atoms with Crippen LogP contribution >= 0.6 is 0 Å². The van der Waals surface area contributed by atoms with E-state index >= 15 is 0 Å². The minimum Gasteiger partial charge on any atom is -0.468 e. The second-order valence-corrected chi connectivity index (χ2v) is 4.59. The Morgan fingerprint density at radius 1 is 1.56 bits per heavy atom. The topological polar surface area (TPSA) is 78.9 Å². The third-order valence-corrected chi connectivity index (χ3v) is 3.22. The van der Waals surface area contributed by atoms with Crippen molar-refractivity contribution < 1.29 is 19.4 Å². The molecule has 3 unspecified atom stereocenters. The summed E-state index contributed by atoms with van der Waals surface area (Å²) in [4.78, 5) is 25.2. The summed E-state index contributed by atoms with van der Waals surface area (Å²) in [5.41, 5.74) is 0. The Morgan fingerprint density at radius 3 is 2.78 bits per heavy atom. The van der Waals surface area contributed by atoms with Crippen molar-refractivity contribution in [3.63, 3.8) is 0 Å². The van der Waals surface area contributed by atoms with Gasteiger partial charge in [0.1, 0.15) is 6.04 Å². The fourth-order valence-electron chi connectivity index (χ4n) is 2.18. The number of esters is 1. The summed E-state index contributed by atoms with van der Waals surface area (Å²) in [5, 5.41) is 12.4. The van der Waals surface area contributed by atoms with Crippen molar-refractivity contribution in [1.29, 1.82) is 0 Å². The van der Waals surface area contributed by atoms with Gasteiger partial charge in [0.25, 0.3) is 0 Å². The largest absolute Gasteiger partial charge is 0.468 e. The van der Waals surface area contributed by atoms with Crippen LogP contribution in [0.2, 0.25) is 0 Å². The van der Waals surface area contributed by atoms with Crippen molar-refractivity contribution in [2.24, 2.45) is 0 Å². The van der Waals surface area contributed by atoms with Gasteiger partial charge in [-0.1, -0.05) is 6.92 Å². The fraction of sp³-hybridized carbons (Fsp3) is 0.833. The van der Waals surface area contributed by atoms with Crippen molar-refractivity contribution in [3.8, 4) is 0 Å². The van der Waals surface area contributed by atoms with E-state index < -0.39 is 24.2 Å². The molecule has 0 saturated carbocycles. The minimum absolute atomic E-state index is 0.125. The number of hydrogen-bond acceptors (Lipinski definition) is 5. The van der Waals surface area contributed by atoms with Gasteiger partial charge in [0.15, 0.2) is 0 Å². The quantitative estimate of drug-likeness (QED) is 0.651. The molecule has 104 valence electrons. The first-order valence-corrected chi connectivity index (χ1v) is 6.30. The molecule has 6 heteroatoms. The van der Waals surface area contributed by atoms with Crippen molar-refractivity contribution >= 4 is 11.9 Å². The molecule has 0 aromatic rings. The Labute approximate surface area is 107 Å². The third kappa shape index (κ3) is 3.43. The van der Waals surface area contributed by atoms with Crippen LogP contribution in [0, 0.1) is 0 Å². The van der Waals surface area contributed by atoms with Gasteiger partial charge in [-0.2, -0.15) is 0 Å². The number of β-amino-alcohol motifs (C(OH)–C–C–N with tert-alkyl or cyclic N) is 1. The lowest BCUT2D eigenvalue weighted by atomic mass is 10.2. The van der Waals surface area contributed by atoms with Gasteiger partial charge in [0.05, 0.1) is 19.3 Å². The van der Waals surface area contributed by atoms with E-state index in [0.29, 0.717) is 19.5 Å². The lowest BCUT2D eigenvalue weighted by Crippen LogP contribution is -2.50. The first-order valence-electron chi connectivity index (χ1n) is 6.30. The maximum absolute atomic E-state index is 11.9. The summed E-state index contributed by atoms with van der Waals surface area (Å²) in [6, 6.07) is -0.981. The Balaban J connectivity index is 2.67. The van der Waals surface area contributed by atoms with Crippen molar-refractivity contribution in [1.82, 2.24) is 10.2 Å². The van der Waals surface area contributed by atoms with Crippen LogP contribution in [-0.4, -0.2) is 60.3 Å². The van der Waals surface area contributed by atoms with E-state index in [0.717, 1.165) is 6.42 Å². The Kier molecular flexibility index (Phi) is 5.55. The predicted octanol–water partition coefficient (Wildman–Crippen LogP) is -0.491. The normalized spacial score (nSPS) is 25.8. The first kappa shape index (κ1) is 14.9. The van der Waals surface area contributed by atoms with Gasteiger partial charge in [-0.25, -0.2) is 0 Å². The van der Waals surface area contributed by atoms with E-state index in [-0.39, 0.29) is 5.91 Å². The highest BCUT2D eigenvalue weighted by Gasteiger charge is 2.41. The molecule has 0 radical (unpaired) electrons. The molecule has 0 aliphatic carbocycles. The van der Waals surface area contributed by atoms with Crippen molar-refractivity contribution in [2.45, 2.75) is 44.9 Å². The Hall–Kier alpha value is -1.14. The van der Waals surface area contributed by atoms with Gasteiger partial charge in [0.2, 0.25) is 5.91 Å². The molecule has 0 aromatic carbocycles. The van der Waals surface area contributed by atoms with Gasteiger partial charge in [0, 0.05) is 19.5 Å². The van der Waals surface area contributed by atoms with Crippen LogP contribution in [0.1, 0.15) is 26.7 Å². The van der Waals surface area contributed by atoms with Crippen molar-refractivity contribution in [2.75, 3.05) is 20.2 Å². The molecule has 1 saturated heterocycles. The second kappa shape index (κ2) is 6.70. The average molecular weight is 258 g/mol. The molecule has 3 atom stereocenters. The molecule has 0 spiro atoms. The zero-order valence-electron chi connectivity index (χ0n) is 11.2. The van der Waals surface area contributed by atoms with Crippen LogP contribution in [0.3, 0.4) is 0 Å². The van der Waals surface area contributed by atoms with Gasteiger partial charge in [-0.15, -0.1) is 0 Å². The summed E-state index contributed by atoms with van der Waals surface area (Å²) in [7, 11) is 1.31. The van der Waals surface area contributed by atoms with Gasteiger partial charge < -0.3 is 15.2 Å². The number of nitrogens with zero attached hydrogens (tertiary/aromatic N) is 1. The molecule has 2 N–H and O–H groups in total. The number of ether oxygens (including phenoxy) is 1. The smallest absolute Gasteiger partial charge is 0.323 e. The van der Waals surface area contributed by atoms with Crippen LogP contribution in [0.5, 0.6) is 0 Å². The molecule has 18 heavy (non-hydrogen) atoms. The van der Waals surface area contributed by atoms with Crippen LogP contribution in [0.15, 0.2) is 0 Å². The Morgan fingerprint density at radius 2 is 2.22 bits per heavy atom. The van der Waals surface area contributed by atoms with Gasteiger partial charge >= 0.3 is 5.97 Å². The number of aliphatic hydroxyl groups is 1. The van der Waals surface area contributed by atoms with E-state index in [4.69, 9.17) is 4.74 Å². The highest BCUT2D eigenvalue weighted by Crippen LogP contribution is 2.21. The summed E-state index contributed by atoms with van der Waals surface area (Å²) in [6.07, 6.45) is 0.593. The van der Waals surface area contributed by atoms with Crippen molar-refractivity contribution in [3.05, 3.63) is 0 Å². The molecule has 1 amide bonds. The highest BCUT2D eigenvalue weighted by molar-refractivity contribution is 5.83. The lowest BCUT2D eigenvalue weighted by Gasteiger charge is -2.27. The SMILES string of the molecule is CCCNC(=O)C(C)N1CC(O)CC1C(=O)OC. The number of hydrogen-bond donors (Lipinski definition) is 2. The summed E-state index contributed by atoms with van der Waals surface area (Å²) in [6.45, 7) is 4.64. The number of likely N-dealkylation sites (tertiary alicyclic amines) is 1. The summed E-state index contributed by atoms with van der Waals surface area (Å²) >= 11 is 0. The predicted molar refractivity (Wildman–Crippen MR) is 65.9 cm³/mol. The summed E-state index contributed by atoms with van der Waals surface area (Å²) in [5.74, 6) is -0.526. The van der Waals surface area contributed by atoms with E-state index in [1.54, 1.807) is 11.8 Å². The highest BCUT2D eigenvalue weighted by atomic mass is 16.5. The molecule has 0 bridgehead atoms. The standard InChI is InChI=1S/C12H22N2O4/c1-4-5-13-11(16)8(2)14-7-9(15)6-10(14)12(17)18-3/h8-10,15H,4-7H2,1-3H3,(H,13,16).